The Kier molecular flexibility index (Phi) is 4.28. The van der Waals surface area contributed by atoms with Gasteiger partial charge in [-0.05, 0) is 61.2 Å². The number of hydrogen-bond acceptors (Lipinski definition) is 6. The van der Waals surface area contributed by atoms with Gasteiger partial charge in [-0.15, -0.1) is 11.3 Å². The number of benzene rings is 2. The number of anilines is 2. The number of fused-ring (bicyclic) bond motifs is 2. The molecule has 6 heteroatoms. The van der Waals surface area contributed by atoms with Gasteiger partial charge in [0.2, 0.25) is 6.79 Å². The van der Waals surface area contributed by atoms with Gasteiger partial charge in [-0.25, -0.2) is 0 Å². The first-order valence-electron chi connectivity index (χ1n) is 10.5. The third kappa shape index (κ3) is 3.18. The minimum absolute atomic E-state index is 0.101. The molecule has 2 aromatic carbocycles. The van der Waals surface area contributed by atoms with Crippen molar-refractivity contribution in [3.8, 4) is 11.5 Å². The van der Waals surface area contributed by atoms with Gasteiger partial charge in [0.1, 0.15) is 0 Å². The molecule has 0 fully saturated rings. The number of para-hydroxylation sites is 2. The monoisotopic (exact) mass is 430 g/mol. The Labute approximate surface area is 184 Å². The van der Waals surface area contributed by atoms with Gasteiger partial charge in [0.05, 0.1) is 17.4 Å². The molecule has 0 saturated carbocycles. The van der Waals surface area contributed by atoms with E-state index >= 15 is 0 Å². The van der Waals surface area contributed by atoms with E-state index < -0.39 is 0 Å². The standard InChI is InChI=1S/C25H22N2O3S/c1-14-6-9-23(31-14)25-24-19(26-17-4-2-3-5-18(17)27-25)10-16(11-20(24)28)15-7-8-21-22(12-15)30-13-29-21/h2-9,12,16,25-27H,10-11,13H2,1H3/t16-,25+/m1/s1. The second kappa shape index (κ2) is 7.17. The molecule has 0 spiro atoms. The van der Waals surface area contributed by atoms with E-state index in [0.717, 1.165) is 46.1 Å². The average molecular weight is 431 g/mol. The Morgan fingerprint density at radius 3 is 2.65 bits per heavy atom. The highest BCUT2D eigenvalue weighted by molar-refractivity contribution is 7.12. The minimum Gasteiger partial charge on any atom is -0.454 e. The summed E-state index contributed by atoms with van der Waals surface area (Å²) >= 11 is 1.74. The van der Waals surface area contributed by atoms with Crippen LogP contribution in [0.2, 0.25) is 0 Å². The SMILES string of the molecule is Cc1ccc([C@@H]2Nc3ccccc3NC3=C2C(=O)C[C@H](c2ccc4c(c2)OCO4)C3)s1. The van der Waals surface area contributed by atoms with Gasteiger partial charge in [0, 0.05) is 27.4 Å². The van der Waals surface area contributed by atoms with Gasteiger partial charge >= 0.3 is 0 Å². The predicted octanol–water partition coefficient (Wildman–Crippen LogP) is 5.76. The smallest absolute Gasteiger partial charge is 0.231 e. The lowest BCUT2D eigenvalue weighted by Crippen LogP contribution is -2.26. The summed E-state index contributed by atoms with van der Waals surface area (Å²) in [6, 6.07) is 18.3. The van der Waals surface area contributed by atoms with Crippen molar-refractivity contribution in [3.05, 3.63) is 81.2 Å². The molecule has 31 heavy (non-hydrogen) atoms. The third-order valence-electron chi connectivity index (χ3n) is 6.22. The van der Waals surface area contributed by atoms with Gasteiger partial charge in [0.15, 0.2) is 17.3 Å². The molecule has 3 heterocycles. The summed E-state index contributed by atoms with van der Waals surface area (Å²) < 4.78 is 11.0. The van der Waals surface area contributed by atoms with Gasteiger partial charge < -0.3 is 20.1 Å². The number of rotatable bonds is 2. The molecule has 0 saturated heterocycles. The fourth-order valence-electron chi connectivity index (χ4n) is 4.72. The van der Waals surface area contributed by atoms with Crippen LogP contribution in [0.3, 0.4) is 0 Å². The zero-order chi connectivity index (χ0) is 20.9. The first-order chi connectivity index (χ1) is 15.2. The van der Waals surface area contributed by atoms with Crippen molar-refractivity contribution in [2.75, 3.05) is 17.4 Å². The van der Waals surface area contributed by atoms with E-state index in [1.165, 1.54) is 9.75 Å². The van der Waals surface area contributed by atoms with Crippen LogP contribution in [0.25, 0.3) is 0 Å². The average Bonchev–Trinajstić information content (AvgIpc) is 3.38. The highest BCUT2D eigenvalue weighted by Gasteiger charge is 2.36. The lowest BCUT2D eigenvalue weighted by molar-refractivity contribution is -0.116. The van der Waals surface area contributed by atoms with Gasteiger partial charge in [0.25, 0.3) is 0 Å². The molecule has 156 valence electrons. The summed E-state index contributed by atoms with van der Waals surface area (Å²) in [5, 5.41) is 7.24. The normalized spacial score (nSPS) is 21.6. The molecule has 0 amide bonds. The zero-order valence-corrected chi connectivity index (χ0v) is 17.9. The predicted molar refractivity (Wildman–Crippen MR) is 122 cm³/mol. The highest BCUT2D eigenvalue weighted by Crippen LogP contribution is 2.46. The summed E-state index contributed by atoms with van der Waals surface area (Å²) in [5.41, 5.74) is 4.99. The number of nitrogens with one attached hydrogen (secondary N) is 2. The summed E-state index contributed by atoms with van der Waals surface area (Å²) in [5.74, 6) is 1.82. The van der Waals surface area contributed by atoms with Crippen molar-refractivity contribution in [1.29, 1.82) is 0 Å². The number of aryl methyl sites for hydroxylation is 1. The Morgan fingerprint density at radius 1 is 0.968 bits per heavy atom. The second-order valence-corrected chi connectivity index (χ2v) is 9.55. The zero-order valence-electron chi connectivity index (χ0n) is 17.1. The van der Waals surface area contributed by atoms with Crippen LogP contribution in [-0.2, 0) is 4.79 Å². The van der Waals surface area contributed by atoms with Crippen LogP contribution in [0.15, 0.2) is 65.9 Å². The molecule has 6 rings (SSSR count). The van der Waals surface area contributed by atoms with Crippen LogP contribution in [0.1, 0.15) is 40.1 Å². The summed E-state index contributed by atoms with van der Waals surface area (Å²) in [6.45, 7) is 2.36. The molecule has 2 atom stereocenters. The number of hydrogen-bond donors (Lipinski definition) is 2. The molecule has 5 nitrogen and oxygen atoms in total. The van der Waals surface area contributed by atoms with E-state index in [1.807, 2.05) is 24.3 Å². The first-order valence-corrected chi connectivity index (χ1v) is 11.3. The van der Waals surface area contributed by atoms with Crippen LogP contribution in [-0.4, -0.2) is 12.6 Å². The van der Waals surface area contributed by atoms with Crippen molar-refractivity contribution >= 4 is 28.5 Å². The fourth-order valence-corrected chi connectivity index (χ4v) is 5.66. The fraction of sp³-hybridized carbons (Fsp3) is 0.240. The number of ether oxygens (including phenoxy) is 2. The van der Waals surface area contributed by atoms with Crippen molar-refractivity contribution in [2.24, 2.45) is 0 Å². The number of Topliss-reactive ketones (excluding diaryl/α,β-unsaturated/α-hetero) is 1. The summed E-state index contributed by atoms with van der Waals surface area (Å²) in [7, 11) is 0. The Bertz CT molecular complexity index is 1230. The van der Waals surface area contributed by atoms with Crippen LogP contribution in [0.4, 0.5) is 11.4 Å². The molecule has 2 N–H and O–H groups in total. The van der Waals surface area contributed by atoms with Crippen molar-refractivity contribution in [3.63, 3.8) is 0 Å². The number of carbonyl (C=O) groups is 1. The number of ketones is 1. The maximum atomic E-state index is 13.6. The van der Waals surface area contributed by atoms with E-state index in [0.29, 0.717) is 6.42 Å². The van der Waals surface area contributed by atoms with Crippen LogP contribution >= 0.6 is 11.3 Å². The van der Waals surface area contributed by atoms with Crippen molar-refractivity contribution in [1.82, 2.24) is 0 Å². The maximum Gasteiger partial charge on any atom is 0.231 e. The van der Waals surface area contributed by atoms with Crippen LogP contribution in [0.5, 0.6) is 11.5 Å². The summed E-state index contributed by atoms with van der Waals surface area (Å²) in [4.78, 5) is 16.0. The van der Waals surface area contributed by atoms with E-state index in [-0.39, 0.29) is 24.5 Å². The molecule has 3 aromatic rings. The quantitative estimate of drug-likeness (QED) is 0.541. The van der Waals surface area contributed by atoms with Gasteiger partial charge in [-0.2, -0.15) is 0 Å². The number of thiophene rings is 1. The molecule has 0 unspecified atom stereocenters. The van der Waals surface area contributed by atoms with E-state index in [1.54, 1.807) is 11.3 Å². The van der Waals surface area contributed by atoms with E-state index in [2.05, 4.69) is 47.9 Å². The third-order valence-corrected chi connectivity index (χ3v) is 7.29. The minimum atomic E-state index is -0.143. The van der Waals surface area contributed by atoms with Crippen molar-refractivity contribution < 1.29 is 14.3 Å². The maximum absolute atomic E-state index is 13.6. The molecule has 0 radical (unpaired) electrons. The topological polar surface area (TPSA) is 59.6 Å². The number of carbonyl (C=O) groups excluding carboxylic acids is 1. The summed E-state index contributed by atoms with van der Waals surface area (Å²) in [6.07, 6.45) is 1.26. The van der Waals surface area contributed by atoms with Crippen LogP contribution in [0, 0.1) is 6.92 Å². The molecule has 3 aliphatic rings. The van der Waals surface area contributed by atoms with Crippen LogP contribution < -0.4 is 20.1 Å². The molecular weight excluding hydrogens is 408 g/mol. The molecular formula is C25H22N2O3S. The largest absolute Gasteiger partial charge is 0.454 e. The first kappa shape index (κ1) is 18.5. The van der Waals surface area contributed by atoms with Gasteiger partial charge in [-0.3, -0.25) is 4.79 Å². The Balaban J connectivity index is 1.42. The molecule has 1 aromatic heterocycles. The number of allylic oxidation sites excluding steroid dienone is 1. The Hall–Kier alpha value is -3.25. The van der Waals surface area contributed by atoms with E-state index in [4.69, 9.17) is 9.47 Å². The van der Waals surface area contributed by atoms with Crippen molar-refractivity contribution in [2.45, 2.75) is 31.7 Å². The second-order valence-electron chi connectivity index (χ2n) is 8.23. The van der Waals surface area contributed by atoms with Gasteiger partial charge in [-0.1, -0.05) is 18.2 Å². The molecule has 1 aliphatic carbocycles. The molecule has 2 aliphatic heterocycles. The van der Waals surface area contributed by atoms with E-state index in [9.17, 15) is 4.79 Å². The lowest BCUT2D eigenvalue weighted by atomic mass is 9.79. The lowest BCUT2D eigenvalue weighted by Gasteiger charge is -2.29. The highest BCUT2D eigenvalue weighted by atomic mass is 32.1. The Morgan fingerprint density at radius 2 is 1.81 bits per heavy atom. The molecule has 0 bridgehead atoms.